The number of carboxylic acids is 1. The number of aliphatic carboxylic acids is 1. The minimum Gasteiger partial charge on any atom is -0.480 e. The summed E-state index contributed by atoms with van der Waals surface area (Å²) in [4.78, 5) is 25.4. The summed E-state index contributed by atoms with van der Waals surface area (Å²) in [7, 11) is 0. The lowest BCUT2D eigenvalue weighted by Gasteiger charge is -2.34. The molecule has 2 aromatic rings. The average Bonchev–Trinajstić information content (AvgIpc) is 2.59. The van der Waals surface area contributed by atoms with Crippen LogP contribution in [-0.4, -0.2) is 27.9 Å². The van der Waals surface area contributed by atoms with Crippen molar-refractivity contribution in [3.05, 3.63) is 68.0 Å². The van der Waals surface area contributed by atoms with Crippen molar-refractivity contribution in [3.63, 3.8) is 0 Å². The Balaban J connectivity index is 2.03. The van der Waals surface area contributed by atoms with Crippen molar-refractivity contribution < 1.29 is 32.3 Å². The number of halogens is 5. The first-order chi connectivity index (χ1) is 12.6. The summed E-state index contributed by atoms with van der Waals surface area (Å²) in [5.41, 5.74) is -0.622. The lowest BCUT2D eigenvalue weighted by molar-refractivity contribution is -0.143. The summed E-state index contributed by atoms with van der Waals surface area (Å²) >= 11 is 1.66. The molecule has 0 aliphatic carbocycles. The Morgan fingerprint density at radius 1 is 1.19 bits per heavy atom. The molecule has 142 valence electrons. The summed E-state index contributed by atoms with van der Waals surface area (Å²) in [5.74, 6) is -2.76. The van der Waals surface area contributed by atoms with Crippen LogP contribution in [0.3, 0.4) is 0 Å². The van der Waals surface area contributed by atoms with Crippen molar-refractivity contribution in [3.8, 4) is 0 Å². The van der Waals surface area contributed by atoms with E-state index >= 15 is 0 Å². The van der Waals surface area contributed by atoms with Crippen LogP contribution in [0.2, 0.25) is 0 Å². The number of hydrogen-bond acceptors (Lipinski definition) is 2. The fourth-order valence-corrected chi connectivity index (χ4v) is 3.72. The highest BCUT2D eigenvalue weighted by Gasteiger charge is 2.37. The van der Waals surface area contributed by atoms with Gasteiger partial charge in [-0.15, -0.1) is 0 Å². The predicted octanol–water partition coefficient (Wildman–Crippen LogP) is 4.10. The highest BCUT2D eigenvalue weighted by atomic mass is 127. The third-order valence-corrected chi connectivity index (χ3v) is 4.97. The normalized spacial score (nSPS) is 16.8. The molecule has 0 aromatic heterocycles. The molecule has 0 fully saturated rings. The number of carbonyl (C=O) groups excluding carboxylic acids is 1. The van der Waals surface area contributed by atoms with Crippen LogP contribution < -0.4 is 0 Å². The number of nitrogens with zero attached hydrogens (tertiary/aromatic N) is 1. The second kappa shape index (κ2) is 7.10. The van der Waals surface area contributed by atoms with Crippen molar-refractivity contribution in [2.24, 2.45) is 0 Å². The lowest BCUT2D eigenvalue weighted by Crippen LogP contribution is -2.49. The van der Waals surface area contributed by atoms with Gasteiger partial charge in [0.05, 0.1) is 5.56 Å². The molecule has 9 heteroatoms. The van der Waals surface area contributed by atoms with Crippen LogP contribution in [0, 0.1) is 9.39 Å². The molecule has 0 saturated carbocycles. The number of hydrogen-bond donors (Lipinski definition) is 1. The van der Waals surface area contributed by atoms with Crippen molar-refractivity contribution in [1.29, 1.82) is 0 Å². The summed E-state index contributed by atoms with van der Waals surface area (Å²) < 4.78 is 53.3. The molecule has 0 spiro atoms. The second-order valence-electron chi connectivity index (χ2n) is 6.10. The molecule has 3 rings (SSSR count). The summed E-state index contributed by atoms with van der Waals surface area (Å²) in [6.45, 7) is -0.199. The molecule has 1 unspecified atom stereocenters. The minimum absolute atomic E-state index is 0.195. The van der Waals surface area contributed by atoms with Crippen LogP contribution in [0.4, 0.5) is 17.6 Å². The molecule has 0 radical (unpaired) electrons. The van der Waals surface area contributed by atoms with Gasteiger partial charge in [0.25, 0.3) is 5.91 Å². The van der Waals surface area contributed by atoms with E-state index in [0.29, 0.717) is 11.6 Å². The van der Waals surface area contributed by atoms with Crippen molar-refractivity contribution in [1.82, 2.24) is 4.90 Å². The minimum atomic E-state index is -4.64. The number of carbonyl (C=O) groups is 2. The summed E-state index contributed by atoms with van der Waals surface area (Å²) in [6.07, 6.45) is -4.89. The van der Waals surface area contributed by atoms with Crippen molar-refractivity contribution >= 4 is 34.5 Å². The lowest BCUT2D eigenvalue weighted by atomic mass is 9.92. The number of amides is 1. The van der Waals surface area contributed by atoms with Gasteiger partial charge in [0.2, 0.25) is 0 Å². The summed E-state index contributed by atoms with van der Waals surface area (Å²) in [5, 5.41) is 9.46. The zero-order valence-electron chi connectivity index (χ0n) is 13.6. The third kappa shape index (κ3) is 3.92. The number of benzene rings is 2. The van der Waals surface area contributed by atoms with E-state index in [4.69, 9.17) is 0 Å². The molecule has 1 aliphatic rings. The van der Waals surface area contributed by atoms with Gasteiger partial charge in [0, 0.05) is 22.1 Å². The van der Waals surface area contributed by atoms with E-state index in [2.05, 4.69) is 0 Å². The average molecular weight is 493 g/mol. The van der Waals surface area contributed by atoms with Gasteiger partial charge >= 0.3 is 12.1 Å². The number of alkyl halides is 3. The standard InChI is InChI=1S/C18H12F4INO3/c19-14-3-1-2-9-8-24(15(17(26)27)7-13(9)14)16(25)10-4-11(18(20,21)22)6-12(23)5-10/h1-6,15H,7-8H2,(H,26,27). The van der Waals surface area contributed by atoms with Gasteiger partial charge in [-0.2, -0.15) is 13.2 Å². The van der Waals surface area contributed by atoms with Crippen LogP contribution >= 0.6 is 22.6 Å². The first kappa shape index (κ1) is 19.6. The van der Waals surface area contributed by atoms with Crippen LogP contribution in [0.5, 0.6) is 0 Å². The first-order valence-corrected chi connectivity index (χ1v) is 8.83. The van der Waals surface area contributed by atoms with E-state index in [1.165, 1.54) is 18.2 Å². The number of carboxylic acid groups (broad SMARTS) is 1. The predicted molar refractivity (Wildman–Crippen MR) is 95.6 cm³/mol. The molecule has 0 bridgehead atoms. The fourth-order valence-electron chi connectivity index (χ4n) is 3.05. The van der Waals surface area contributed by atoms with E-state index in [-0.39, 0.29) is 27.7 Å². The van der Waals surface area contributed by atoms with Crippen molar-refractivity contribution in [2.45, 2.75) is 25.2 Å². The highest BCUT2D eigenvalue weighted by Crippen LogP contribution is 2.32. The molecule has 1 atom stereocenters. The van der Waals surface area contributed by atoms with Gasteiger partial charge in [0.1, 0.15) is 11.9 Å². The van der Waals surface area contributed by atoms with Gasteiger partial charge in [-0.1, -0.05) is 12.1 Å². The first-order valence-electron chi connectivity index (χ1n) is 7.75. The van der Waals surface area contributed by atoms with Gasteiger partial charge < -0.3 is 10.0 Å². The summed E-state index contributed by atoms with van der Waals surface area (Å²) in [6, 6.07) is 5.69. The van der Waals surface area contributed by atoms with Crippen LogP contribution in [0.25, 0.3) is 0 Å². The van der Waals surface area contributed by atoms with E-state index in [9.17, 15) is 32.3 Å². The van der Waals surface area contributed by atoms with Gasteiger partial charge in [-0.05, 0) is 58.0 Å². The monoisotopic (exact) mass is 493 g/mol. The topological polar surface area (TPSA) is 57.6 Å². The zero-order valence-corrected chi connectivity index (χ0v) is 15.7. The Hall–Kier alpha value is -2.17. The van der Waals surface area contributed by atoms with Gasteiger partial charge in [-0.25, -0.2) is 9.18 Å². The molecule has 4 nitrogen and oxygen atoms in total. The Bertz CT molecular complexity index is 929. The Kier molecular flexibility index (Phi) is 5.15. The second-order valence-corrected chi connectivity index (χ2v) is 7.34. The SMILES string of the molecule is O=C(O)C1Cc2c(F)cccc2CN1C(=O)c1cc(I)cc(C(F)(F)F)c1. The molecule has 27 heavy (non-hydrogen) atoms. The van der Waals surface area contributed by atoms with E-state index in [1.807, 2.05) is 0 Å². The maximum Gasteiger partial charge on any atom is 0.416 e. The Morgan fingerprint density at radius 2 is 1.89 bits per heavy atom. The molecule has 0 saturated heterocycles. The molecular formula is C18H12F4INO3. The molecule has 1 amide bonds. The van der Waals surface area contributed by atoms with Crippen molar-refractivity contribution in [2.75, 3.05) is 0 Å². The van der Waals surface area contributed by atoms with Crippen LogP contribution in [0.15, 0.2) is 36.4 Å². The van der Waals surface area contributed by atoms with Gasteiger partial charge in [-0.3, -0.25) is 4.79 Å². The Morgan fingerprint density at radius 3 is 2.52 bits per heavy atom. The van der Waals surface area contributed by atoms with E-state index in [0.717, 1.165) is 11.0 Å². The molecule has 1 N–H and O–H groups in total. The number of rotatable bonds is 2. The quantitative estimate of drug-likeness (QED) is 0.507. The molecule has 1 aliphatic heterocycles. The van der Waals surface area contributed by atoms with Gasteiger partial charge in [0.15, 0.2) is 0 Å². The largest absolute Gasteiger partial charge is 0.480 e. The fraction of sp³-hybridized carbons (Fsp3) is 0.222. The van der Waals surface area contributed by atoms with E-state index in [1.54, 1.807) is 28.7 Å². The Labute approximate surface area is 164 Å². The zero-order chi connectivity index (χ0) is 19.9. The highest BCUT2D eigenvalue weighted by molar-refractivity contribution is 14.1. The maximum atomic E-state index is 14.0. The van der Waals surface area contributed by atoms with Crippen LogP contribution in [-0.2, 0) is 23.9 Å². The van der Waals surface area contributed by atoms with Crippen LogP contribution in [0.1, 0.15) is 27.0 Å². The third-order valence-electron chi connectivity index (χ3n) is 4.35. The maximum absolute atomic E-state index is 14.0. The van der Waals surface area contributed by atoms with E-state index < -0.39 is 35.5 Å². The smallest absolute Gasteiger partial charge is 0.416 e. The molecular weight excluding hydrogens is 481 g/mol. The number of fused-ring (bicyclic) bond motifs is 1. The molecule has 1 heterocycles. The molecule has 2 aromatic carbocycles.